The van der Waals surface area contributed by atoms with Crippen molar-refractivity contribution in [2.75, 3.05) is 5.32 Å². The van der Waals surface area contributed by atoms with Gasteiger partial charge in [0.1, 0.15) is 0 Å². The summed E-state index contributed by atoms with van der Waals surface area (Å²) in [5, 5.41) is 4.11. The van der Waals surface area contributed by atoms with Crippen LogP contribution in [0.1, 0.15) is 23.7 Å². The van der Waals surface area contributed by atoms with Crippen LogP contribution in [0.2, 0.25) is 5.02 Å². The Morgan fingerprint density at radius 2 is 2.24 bits per heavy atom. The molecule has 3 rings (SSSR count). The summed E-state index contributed by atoms with van der Waals surface area (Å²) in [5.41, 5.74) is 3.33. The second-order valence-electron chi connectivity index (χ2n) is 4.14. The van der Waals surface area contributed by atoms with Gasteiger partial charge in [-0.1, -0.05) is 17.7 Å². The van der Waals surface area contributed by atoms with Gasteiger partial charge >= 0.3 is 0 Å². The molecule has 0 radical (unpaired) electrons. The van der Waals surface area contributed by atoms with Gasteiger partial charge in [-0.15, -0.1) is 0 Å². The normalized spacial score (nSPS) is 17.8. The molecule has 0 aliphatic heterocycles. The van der Waals surface area contributed by atoms with Crippen molar-refractivity contribution < 1.29 is 0 Å². The molecule has 17 heavy (non-hydrogen) atoms. The molecule has 0 spiro atoms. The topological polar surface area (TPSA) is 37.8 Å². The molecule has 0 bridgehead atoms. The number of aromatic nitrogens is 2. The van der Waals surface area contributed by atoms with E-state index >= 15 is 0 Å². The molecule has 2 aromatic heterocycles. The molecule has 2 aromatic rings. The van der Waals surface area contributed by atoms with Gasteiger partial charge in [0.25, 0.3) is 0 Å². The molecule has 2 heterocycles. The molecular weight excluding hydrogens is 234 g/mol. The molecule has 1 atom stereocenters. The van der Waals surface area contributed by atoms with E-state index in [-0.39, 0.29) is 6.04 Å². The van der Waals surface area contributed by atoms with Gasteiger partial charge < -0.3 is 5.32 Å². The third kappa shape index (κ3) is 1.98. The van der Waals surface area contributed by atoms with Crippen LogP contribution in [-0.2, 0) is 6.42 Å². The lowest BCUT2D eigenvalue weighted by Gasteiger charge is -2.15. The van der Waals surface area contributed by atoms with Crippen molar-refractivity contribution in [2.45, 2.75) is 18.9 Å². The zero-order valence-corrected chi connectivity index (χ0v) is 9.98. The highest BCUT2D eigenvalue weighted by Crippen LogP contribution is 2.33. The third-order valence-electron chi connectivity index (χ3n) is 3.06. The van der Waals surface area contributed by atoms with E-state index in [9.17, 15) is 0 Å². The molecule has 4 heteroatoms. The maximum Gasteiger partial charge on any atom is 0.0721 e. The van der Waals surface area contributed by atoms with Gasteiger partial charge in [-0.05, 0) is 30.5 Å². The average Bonchev–Trinajstić information content (AvgIpc) is 2.76. The number of anilines is 1. The van der Waals surface area contributed by atoms with Crippen LogP contribution in [-0.4, -0.2) is 9.97 Å². The summed E-state index contributed by atoms with van der Waals surface area (Å²) in [6.45, 7) is 0. The third-order valence-corrected chi connectivity index (χ3v) is 3.39. The van der Waals surface area contributed by atoms with Crippen molar-refractivity contribution in [3.8, 4) is 0 Å². The molecule has 0 saturated heterocycles. The Morgan fingerprint density at radius 3 is 3.12 bits per heavy atom. The Morgan fingerprint density at radius 1 is 1.29 bits per heavy atom. The highest BCUT2D eigenvalue weighted by molar-refractivity contribution is 6.33. The minimum absolute atomic E-state index is 0.243. The van der Waals surface area contributed by atoms with Gasteiger partial charge in [0.05, 0.1) is 28.6 Å². The molecule has 0 aromatic carbocycles. The number of hydrogen-bond donors (Lipinski definition) is 1. The number of rotatable bonds is 2. The van der Waals surface area contributed by atoms with Gasteiger partial charge in [-0.25, -0.2) is 0 Å². The van der Waals surface area contributed by atoms with Crippen LogP contribution >= 0.6 is 11.6 Å². The van der Waals surface area contributed by atoms with E-state index in [1.165, 1.54) is 5.56 Å². The molecule has 1 aliphatic carbocycles. The maximum atomic E-state index is 6.11. The van der Waals surface area contributed by atoms with Gasteiger partial charge in [-0.3, -0.25) is 9.97 Å². The lowest BCUT2D eigenvalue weighted by molar-refractivity contribution is 0.745. The fraction of sp³-hybridized carbons (Fsp3) is 0.231. The van der Waals surface area contributed by atoms with Gasteiger partial charge in [0, 0.05) is 12.4 Å². The first-order valence-corrected chi connectivity index (χ1v) is 6.02. The minimum Gasteiger partial charge on any atom is -0.374 e. The Hall–Kier alpha value is -1.61. The summed E-state index contributed by atoms with van der Waals surface area (Å²) in [6, 6.07) is 6.15. The fourth-order valence-corrected chi connectivity index (χ4v) is 2.38. The van der Waals surface area contributed by atoms with Gasteiger partial charge in [-0.2, -0.15) is 0 Å². The van der Waals surface area contributed by atoms with E-state index < -0.39 is 0 Å². The lowest BCUT2D eigenvalue weighted by atomic mass is 10.2. The zero-order valence-electron chi connectivity index (χ0n) is 9.23. The van der Waals surface area contributed by atoms with Crippen LogP contribution < -0.4 is 5.32 Å². The Bertz CT molecular complexity index is 542. The van der Waals surface area contributed by atoms with Crippen molar-refractivity contribution in [3.05, 3.63) is 53.1 Å². The van der Waals surface area contributed by atoms with Crippen molar-refractivity contribution in [1.29, 1.82) is 0 Å². The van der Waals surface area contributed by atoms with Crippen LogP contribution in [0.5, 0.6) is 0 Å². The SMILES string of the molecule is Clc1ccncc1NC1CCc2cccnc21. The number of pyridine rings is 2. The van der Waals surface area contributed by atoms with Crippen molar-refractivity contribution >= 4 is 17.3 Å². The van der Waals surface area contributed by atoms with Crippen LogP contribution in [0, 0.1) is 0 Å². The summed E-state index contributed by atoms with van der Waals surface area (Å²) >= 11 is 6.11. The summed E-state index contributed by atoms with van der Waals surface area (Å²) < 4.78 is 0. The molecule has 1 unspecified atom stereocenters. The van der Waals surface area contributed by atoms with E-state index in [0.717, 1.165) is 24.2 Å². The first kappa shape index (κ1) is 10.5. The number of nitrogens with one attached hydrogen (secondary N) is 1. The van der Waals surface area contributed by atoms with Crippen LogP contribution in [0.15, 0.2) is 36.8 Å². The second-order valence-corrected chi connectivity index (χ2v) is 4.55. The number of fused-ring (bicyclic) bond motifs is 1. The molecule has 0 amide bonds. The largest absolute Gasteiger partial charge is 0.374 e. The van der Waals surface area contributed by atoms with Gasteiger partial charge in [0.15, 0.2) is 0 Å². The first-order chi connectivity index (χ1) is 8.34. The lowest BCUT2D eigenvalue weighted by Crippen LogP contribution is -2.09. The summed E-state index contributed by atoms with van der Waals surface area (Å²) in [7, 11) is 0. The zero-order chi connectivity index (χ0) is 11.7. The second kappa shape index (κ2) is 4.34. The Labute approximate surface area is 105 Å². The van der Waals surface area contributed by atoms with E-state index in [2.05, 4.69) is 21.4 Å². The first-order valence-electron chi connectivity index (χ1n) is 5.64. The van der Waals surface area contributed by atoms with Crippen LogP contribution in [0.25, 0.3) is 0 Å². The van der Waals surface area contributed by atoms with Crippen molar-refractivity contribution in [3.63, 3.8) is 0 Å². The molecule has 0 fully saturated rings. The summed E-state index contributed by atoms with van der Waals surface area (Å²) in [5.74, 6) is 0. The number of hydrogen-bond acceptors (Lipinski definition) is 3. The predicted octanol–water partition coefficient (Wildman–Crippen LogP) is 3.23. The van der Waals surface area contributed by atoms with Gasteiger partial charge in [0.2, 0.25) is 0 Å². The van der Waals surface area contributed by atoms with E-state index in [1.54, 1.807) is 18.5 Å². The fourth-order valence-electron chi connectivity index (χ4n) is 2.22. The Kier molecular flexibility index (Phi) is 2.69. The quantitative estimate of drug-likeness (QED) is 0.883. The monoisotopic (exact) mass is 245 g/mol. The van der Waals surface area contributed by atoms with E-state index in [0.29, 0.717) is 5.02 Å². The molecule has 3 nitrogen and oxygen atoms in total. The average molecular weight is 246 g/mol. The predicted molar refractivity (Wildman–Crippen MR) is 68.2 cm³/mol. The molecular formula is C13H12ClN3. The molecule has 0 saturated carbocycles. The number of nitrogens with zero attached hydrogens (tertiary/aromatic N) is 2. The van der Waals surface area contributed by atoms with Crippen molar-refractivity contribution in [1.82, 2.24) is 9.97 Å². The highest BCUT2D eigenvalue weighted by atomic mass is 35.5. The molecule has 1 N–H and O–H groups in total. The molecule has 1 aliphatic rings. The maximum absolute atomic E-state index is 6.11. The number of aryl methyl sites for hydroxylation is 1. The van der Waals surface area contributed by atoms with Crippen molar-refractivity contribution in [2.24, 2.45) is 0 Å². The van der Waals surface area contributed by atoms with Crippen LogP contribution in [0.4, 0.5) is 5.69 Å². The minimum atomic E-state index is 0.243. The number of halogens is 1. The van der Waals surface area contributed by atoms with Crippen LogP contribution in [0.3, 0.4) is 0 Å². The molecule has 86 valence electrons. The smallest absolute Gasteiger partial charge is 0.0721 e. The highest BCUT2D eigenvalue weighted by Gasteiger charge is 2.23. The summed E-state index contributed by atoms with van der Waals surface area (Å²) in [4.78, 5) is 8.52. The standard InChI is InChI=1S/C13H12ClN3/c14-10-5-7-15-8-12(10)17-11-4-3-9-2-1-6-16-13(9)11/h1-2,5-8,11,17H,3-4H2. The van der Waals surface area contributed by atoms with E-state index in [4.69, 9.17) is 11.6 Å². The summed E-state index contributed by atoms with van der Waals surface area (Å²) in [6.07, 6.45) is 7.40. The Balaban J connectivity index is 1.87. The van der Waals surface area contributed by atoms with E-state index in [1.807, 2.05) is 12.3 Å².